The molecule has 1 nitrogen and oxygen atoms in total. The van der Waals surface area contributed by atoms with Crippen LogP contribution < -0.4 is 5.32 Å². The van der Waals surface area contributed by atoms with Crippen molar-refractivity contribution in [2.75, 3.05) is 7.05 Å². The number of nitrogens with one attached hydrogen (secondary N) is 1. The van der Waals surface area contributed by atoms with E-state index in [0.717, 1.165) is 10.9 Å². The van der Waals surface area contributed by atoms with Crippen LogP contribution in [0.4, 0.5) is 0 Å². The molecule has 1 rings (SSSR count). The molecule has 0 saturated carbocycles. The highest BCUT2D eigenvalue weighted by molar-refractivity contribution is 9.10. The molecule has 1 aromatic rings. The summed E-state index contributed by atoms with van der Waals surface area (Å²) in [6, 6.07) is 8.73. The Hall–Kier alpha value is -0.600. The minimum Gasteiger partial charge on any atom is -0.313 e. The Morgan fingerprint density at radius 2 is 2.08 bits per heavy atom. The normalized spacial score (nSPS) is 12.5. The van der Waals surface area contributed by atoms with Gasteiger partial charge in [-0.3, -0.25) is 0 Å². The van der Waals surface area contributed by atoms with Gasteiger partial charge in [0, 0.05) is 10.5 Å². The van der Waals surface area contributed by atoms with E-state index in [4.69, 9.17) is 0 Å². The third-order valence-corrected chi connectivity index (χ3v) is 2.55. The molecule has 0 heterocycles. The van der Waals surface area contributed by atoms with Crippen molar-refractivity contribution in [3.8, 4) is 0 Å². The molecule has 0 saturated heterocycles. The molecule has 0 amide bonds. The lowest BCUT2D eigenvalue weighted by molar-refractivity contribution is 0.665. The van der Waals surface area contributed by atoms with Crippen molar-refractivity contribution in [1.82, 2.24) is 5.32 Å². The van der Waals surface area contributed by atoms with Crippen LogP contribution in [0.1, 0.15) is 5.56 Å². The van der Waals surface area contributed by atoms with Crippen molar-refractivity contribution in [3.05, 3.63) is 47.0 Å². The molecule has 70 valence electrons. The van der Waals surface area contributed by atoms with Gasteiger partial charge in [-0.15, -0.1) is 6.58 Å². The van der Waals surface area contributed by atoms with Gasteiger partial charge < -0.3 is 5.32 Å². The first-order valence-corrected chi connectivity index (χ1v) is 5.10. The van der Waals surface area contributed by atoms with Crippen molar-refractivity contribution in [2.24, 2.45) is 0 Å². The average molecular weight is 240 g/mol. The van der Waals surface area contributed by atoms with E-state index in [9.17, 15) is 0 Å². The molecule has 0 aromatic heterocycles. The predicted octanol–water partition coefficient (Wildman–Crippen LogP) is 2.77. The number of hydrogen-bond donors (Lipinski definition) is 1. The molecule has 0 radical (unpaired) electrons. The molecule has 0 fully saturated rings. The Morgan fingerprint density at radius 1 is 1.46 bits per heavy atom. The van der Waals surface area contributed by atoms with Gasteiger partial charge in [0.05, 0.1) is 0 Å². The van der Waals surface area contributed by atoms with Crippen molar-refractivity contribution in [1.29, 1.82) is 0 Å². The molecule has 0 aliphatic carbocycles. The molecule has 2 heteroatoms. The van der Waals surface area contributed by atoms with Crippen molar-refractivity contribution in [2.45, 2.75) is 12.5 Å². The maximum Gasteiger partial charge on any atom is 0.0285 e. The Morgan fingerprint density at radius 3 is 2.54 bits per heavy atom. The lowest BCUT2D eigenvalue weighted by Gasteiger charge is -2.10. The number of likely N-dealkylation sites (N-methyl/N-ethyl adjacent to an activating group) is 1. The van der Waals surface area contributed by atoms with Crippen LogP contribution in [-0.4, -0.2) is 13.1 Å². The van der Waals surface area contributed by atoms with Crippen LogP contribution in [0, 0.1) is 0 Å². The van der Waals surface area contributed by atoms with E-state index in [0.29, 0.717) is 6.04 Å². The highest BCUT2D eigenvalue weighted by Crippen LogP contribution is 2.11. The van der Waals surface area contributed by atoms with Crippen LogP contribution in [0.5, 0.6) is 0 Å². The van der Waals surface area contributed by atoms with Gasteiger partial charge in [0.25, 0.3) is 0 Å². The summed E-state index contributed by atoms with van der Waals surface area (Å²) in [6.07, 6.45) is 2.93. The minimum absolute atomic E-state index is 0.362. The van der Waals surface area contributed by atoms with E-state index in [1.54, 1.807) is 0 Å². The maximum absolute atomic E-state index is 3.77. The van der Waals surface area contributed by atoms with Gasteiger partial charge in [-0.05, 0) is 31.2 Å². The highest BCUT2D eigenvalue weighted by Gasteiger charge is 2.01. The Balaban J connectivity index is 2.63. The first-order valence-electron chi connectivity index (χ1n) is 4.30. The van der Waals surface area contributed by atoms with Crippen LogP contribution in [0.25, 0.3) is 0 Å². The van der Waals surface area contributed by atoms with Gasteiger partial charge in [-0.1, -0.05) is 34.1 Å². The van der Waals surface area contributed by atoms with Crippen molar-refractivity contribution < 1.29 is 0 Å². The number of halogens is 1. The van der Waals surface area contributed by atoms with Gasteiger partial charge in [0.1, 0.15) is 0 Å². The van der Waals surface area contributed by atoms with Crippen molar-refractivity contribution >= 4 is 15.9 Å². The van der Waals surface area contributed by atoms with Gasteiger partial charge in [-0.25, -0.2) is 0 Å². The van der Waals surface area contributed by atoms with Gasteiger partial charge >= 0.3 is 0 Å². The molecule has 0 aliphatic rings. The largest absolute Gasteiger partial charge is 0.313 e. The Kier molecular flexibility index (Phi) is 4.19. The number of hydrogen-bond acceptors (Lipinski definition) is 1. The van der Waals surface area contributed by atoms with Crippen LogP contribution in [0.2, 0.25) is 0 Å². The molecule has 0 bridgehead atoms. The van der Waals surface area contributed by atoms with Crippen LogP contribution in [-0.2, 0) is 6.42 Å². The van der Waals surface area contributed by atoms with E-state index in [2.05, 4.69) is 52.1 Å². The fourth-order valence-electron chi connectivity index (χ4n) is 1.18. The molecule has 1 N–H and O–H groups in total. The summed E-state index contributed by atoms with van der Waals surface area (Å²) in [5.74, 6) is 0. The first kappa shape index (κ1) is 10.5. The lowest BCUT2D eigenvalue weighted by Crippen LogP contribution is -2.24. The minimum atomic E-state index is 0.362. The van der Waals surface area contributed by atoms with E-state index >= 15 is 0 Å². The highest BCUT2D eigenvalue weighted by atomic mass is 79.9. The average Bonchev–Trinajstić information content (AvgIpc) is 2.17. The van der Waals surface area contributed by atoms with E-state index in [-0.39, 0.29) is 0 Å². The van der Waals surface area contributed by atoms with Crippen LogP contribution in [0.3, 0.4) is 0 Å². The zero-order valence-corrected chi connectivity index (χ0v) is 9.34. The second kappa shape index (κ2) is 5.20. The molecule has 0 aliphatic heterocycles. The fraction of sp³-hybridized carbons (Fsp3) is 0.273. The number of rotatable bonds is 4. The Bertz CT molecular complexity index is 266. The summed E-state index contributed by atoms with van der Waals surface area (Å²) in [5, 5.41) is 3.19. The second-order valence-corrected chi connectivity index (χ2v) is 3.88. The SMILES string of the molecule is C=CC(Cc1ccc(Br)cc1)NC. The number of benzene rings is 1. The van der Waals surface area contributed by atoms with E-state index in [1.807, 2.05) is 13.1 Å². The van der Waals surface area contributed by atoms with Gasteiger partial charge in [0.15, 0.2) is 0 Å². The quantitative estimate of drug-likeness (QED) is 0.798. The molecule has 13 heavy (non-hydrogen) atoms. The summed E-state index contributed by atoms with van der Waals surface area (Å²) >= 11 is 3.41. The third-order valence-electron chi connectivity index (χ3n) is 2.02. The van der Waals surface area contributed by atoms with Crippen LogP contribution >= 0.6 is 15.9 Å². The fourth-order valence-corrected chi connectivity index (χ4v) is 1.44. The van der Waals surface area contributed by atoms with E-state index < -0.39 is 0 Å². The molecular formula is C11H14BrN. The summed E-state index contributed by atoms with van der Waals surface area (Å²) in [6.45, 7) is 3.77. The molecule has 0 spiro atoms. The predicted molar refractivity (Wildman–Crippen MR) is 60.9 cm³/mol. The molecular weight excluding hydrogens is 226 g/mol. The standard InChI is InChI=1S/C11H14BrN/c1-3-11(13-2)8-9-4-6-10(12)7-5-9/h3-7,11,13H,1,8H2,2H3. The molecule has 1 atom stereocenters. The Labute approximate surface area is 88.0 Å². The maximum atomic E-state index is 3.77. The summed E-state index contributed by atoms with van der Waals surface area (Å²) < 4.78 is 1.12. The van der Waals surface area contributed by atoms with Gasteiger partial charge in [0.2, 0.25) is 0 Å². The zero-order chi connectivity index (χ0) is 9.68. The van der Waals surface area contributed by atoms with Gasteiger partial charge in [-0.2, -0.15) is 0 Å². The molecule has 1 aromatic carbocycles. The zero-order valence-electron chi connectivity index (χ0n) is 7.76. The second-order valence-electron chi connectivity index (χ2n) is 2.96. The smallest absolute Gasteiger partial charge is 0.0285 e. The van der Waals surface area contributed by atoms with E-state index in [1.165, 1.54) is 5.56 Å². The van der Waals surface area contributed by atoms with Crippen molar-refractivity contribution in [3.63, 3.8) is 0 Å². The topological polar surface area (TPSA) is 12.0 Å². The summed E-state index contributed by atoms with van der Waals surface area (Å²) in [7, 11) is 1.95. The van der Waals surface area contributed by atoms with Crippen LogP contribution in [0.15, 0.2) is 41.4 Å². The first-order chi connectivity index (χ1) is 6.26. The summed E-state index contributed by atoms with van der Waals surface area (Å²) in [4.78, 5) is 0. The molecule has 1 unspecified atom stereocenters. The third kappa shape index (κ3) is 3.33. The monoisotopic (exact) mass is 239 g/mol. The lowest BCUT2D eigenvalue weighted by atomic mass is 10.1. The summed E-state index contributed by atoms with van der Waals surface area (Å²) in [5.41, 5.74) is 1.32.